The van der Waals surface area contributed by atoms with Crippen LogP contribution in [0.25, 0.3) is 0 Å². The number of amides is 1. The van der Waals surface area contributed by atoms with Crippen molar-refractivity contribution in [3.8, 4) is 5.75 Å². The fraction of sp³-hybridized carbons (Fsp3) is 0.316. The van der Waals surface area contributed by atoms with Gasteiger partial charge in [-0.15, -0.1) is 0 Å². The number of para-hydroxylation sites is 1. The lowest BCUT2D eigenvalue weighted by molar-refractivity contribution is -0.384. The van der Waals surface area contributed by atoms with E-state index in [1.807, 2.05) is 32.0 Å². The number of aryl methyl sites for hydroxylation is 2. The van der Waals surface area contributed by atoms with E-state index in [4.69, 9.17) is 4.74 Å². The summed E-state index contributed by atoms with van der Waals surface area (Å²) in [5.74, 6) is 0.734. The number of carbonyl (C=O) groups is 1. The summed E-state index contributed by atoms with van der Waals surface area (Å²) >= 11 is 0. The van der Waals surface area contributed by atoms with E-state index in [-0.39, 0.29) is 24.6 Å². The molecular weight excluding hydrogens is 320 g/mol. The number of hydrogen-bond donors (Lipinski definition) is 0. The molecule has 25 heavy (non-hydrogen) atoms. The van der Waals surface area contributed by atoms with E-state index in [2.05, 4.69) is 0 Å². The van der Waals surface area contributed by atoms with Gasteiger partial charge in [-0.3, -0.25) is 14.9 Å². The van der Waals surface area contributed by atoms with E-state index >= 15 is 0 Å². The number of ether oxygens (including phenoxy) is 1. The molecule has 0 saturated heterocycles. The lowest BCUT2D eigenvalue weighted by Crippen LogP contribution is -2.30. The molecule has 3 rings (SSSR count). The number of benzene rings is 2. The molecule has 0 spiro atoms. The molecule has 0 saturated carbocycles. The molecule has 0 aliphatic carbocycles. The van der Waals surface area contributed by atoms with E-state index in [1.165, 1.54) is 12.1 Å². The summed E-state index contributed by atoms with van der Waals surface area (Å²) in [6, 6.07) is 10.6. The highest BCUT2D eigenvalue weighted by molar-refractivity contribution is 5.95. The third kappa shape index (κ3) is 3.47. The molecule has 130 valence electrons. The first-order valence-electron chi connectivity index (χ1n) is 8.24. The highest BCUT2D eigenvalue weighted by Gasteiger charge is 2.26. The Bertz CT molecular complexity index is 812. The summed E-state index contributed by atoms with van der Waals surface area (Å²) in [4.78, 5) is 24.7. The van der Waals surface area contributed by atoms with Crippen molar-refractivity contribution in [1.29, 1.82) is 0 Å². The third-order valence-electron chi connectivity index (χ3n) is 4.45. The minimum Gasteiger partial charge on any atom is -0.493 e. The van der Waals surface area contributed by atoms with E-state index in [0.29, 0.717) is 12.2 Å². The summed E-state index contributed by atoms with van der Waals surface area (Å²) in [5, 5.41) is 11.0. The Morgan fingerprint density at radius 1 is 1.24 bits per heavy atom. The van der Waals surface area contributed by atoms with Crippen LogP contribution in [-0.2, 0) is 11.2 Å². The van der Waals surface area contributed by atoms with Gasteiger partial charge in [-0.1, -0.05) is 24.3 Å². The molecule has 0 N–H and O–H groups in total. The molecule has 2 aromatic rings. The van der Waals surface area contributed by atoms with Crippen molar-refractivity contribution < 1.29 is 14.5 Å². The van der Waals surface area contributed by atoms with Gasteiger partial charge in [0.05, 0.1) is 23.6 Å². The smallest absolute Gasteiger partial charge is 0.271 e. The molecular formula is C19H20N2O4. The predicted octanol–water partition coefficient (Wildman–Crippen LogP) is 3.57. The van der Waals surface area contributed by atoms with E-state index < -0.39 is 4.92 Å². The van der Waals surface area contributed by atoms with Crippen molar-refractivity contribution >= 4 is 17.3 Å². The minimum absolute atomic E-state index is 0.00485. The molecule has 6 nitrogen and oxygen atoms in total. The van der Waals surface area contributed by atoms with Crippen molar-refractivity contribution in [3.63, 3.8) is 0 Å². The topological polar surface area (TPSA) is 72.7 Å². The minimum atomic E-state index is -0.439. The van der Waals surface area contributed by atoms with Crippen molar-refractivity contribution in [2.45, 2.75) is 26.7 Å². The summed E-state index contributed by atoms with van der Waals surface area (Å²) in [6.45, 7) is 4.78. The molecule has 1 aliphatic rings. The molecule has 1 heterocycles. The number of nitro benzene ring substituents is 1. The molecule has 1 amide bonds. The fourth-order valence-corrected chi connectivity index (χ4v) is 3.14. The van der Waals surface area contributed by atoms with Gasteiger partial charge >= 0.3 is 0 Å². The van der Waals surface area contributed by atoms with E-state index in [1.54, 1.807) is 11.0 Å². The van der Waals surface area contributed by atoms with Gasteiger partial charge < -0.3 is 9.64 Å². The van der Waals surface area contributed by atoms with Gasteiger partial charge in [0.15, 0.2) is 0 Å². The summed E-state index contributed by atoms with van der Waals surface area (Å²) < 4.78 is 5.79. The highest BCUT2D eigenvalue weighted by Crippen LogP contribution is 2.32. The first-order valence-corrected chi connectivity index (χ1v) is 8.24. The quantitative estimate of drug-likeness (QED) is 0.616. The van der Waals surface area contributed by atoms with Crippen LogP contribution in [0, 0.1) is 24.0 Å². The lowest BCUT2D eigenvalue weighted by atomic mass is 10.1. The number of nitro groups is 1. The van der Waals surface area contributed by atoms with Gasteiger partial charge in [0.2, 0.25) is 5.91 Å². The zero-order valence-electron chi connectivity index (χ0n) is 14.3. The first kappa shape index (κ1) is 17.0. The Balaban J connectivity index is 1.66. The SMILES string of the molecule is Cc1cccc(C)c1OCCC(=O)N1CCc2ccc([N+](=O)[O-])cc21. The lowest BCUT2D eigenvalue weighted by Gasteiger charge is -2.18. The van der Waals surface area contributed by atoms with Gasteiger partial charge in [-0.05, 0) is 37.0 Å². The molecule has 0 aromatic heterocycles. The standard InChI is InChI=1S/C19H20N2O4/c1-13-4-3-5-14(2)19(13)25-11-9-18(22)20-10-8-15-6-7-16(21(23)24)12-17(15)20/h3-7,12H,8-11H2,1-2H3. The number of nitrogens with zero attached hydrogens (tertiary/aromatic N) is 2. The maximum atomic E-state index is 12.5. The Morgan fingerprint density at radius 3 is 2.64 bits per heavy atom. The molecule has 6 heteroatoms. The van der Waals surface area contributed by atoms with Crippen molar-refractivity contribution in [3.05, 3.63) is 63.2 Å². The average molecular weight is 340 g/mol. The molecule has 0 bridgehead atoms. The van der Waals surface area contributed by atoms with Crippen molar-refractivity contribution in [1.82, 2.24) is 0 Å². The van der Waals surface area contributed by atoms with Crippen LogP contribution in [0.1, 0.15) is 23.1 Å². The first-order chi connectivity index (χ1) is 12.0. The van der Waals surface area contributed by atoms with Crippen LogP contribution in [0.3, 0.4) is 0 Å². The van der Waals surface area contributed by atoms with Crippen LogP contribution in [0.5, 0.6) is 5.75 Å². The van der Waals surface area contributed by atoms with Crippen LogP contribution in [0.15, 0.2) is 36.4 Å². The van der Waals surface area contributed by atoms with Crippen LogP contribution in [0.4, 0.5) is 11.4 Å². The number of rotatable bonds is 5. The largest absolute Gasteiger partial charge is 0.493 e. The zero-order chi connectivity index (χ0) is 18.0. The Kier molecular flexibility index (Phi) is 4.70. The Labute approximate surface area is 146 Å². The zero-order valence-corrected chi connectivity index (χ0v) is 14.3. The molecule has 0 atom stereocenters. The number of anilines is 1. The van der Waals surface area contributed by atoms with E-state index in [0.717, 1.165) is 28.9 Å². The summed E-state index contributed by atoms with van der Waals surface area (Å²) in [6.07, 6.45) is 0.951. The Morgan fingerprint density at radius 2 is 1.96 bits per heavy atom. The number of fused-ring (bicyclic) bond motifs is 1. The summed E-state index contributed by atoms with van der Waals surface area (Å²) in [7, 11) is 0. The number of non-ortho nitro benzene ring substituents is 1. The number of hydrogen-bond acceptors (Lipinski definition) is 4. The second-order valence-electron chi connectivity index (χ2n) is 6.18. The average Bonchev–Trinajstić information content (AvgIpc) is 3.00. The van der Waals surface area contributed by atoms with Gasteiger partial charge in [0.1, 0.15) is 5.75 Å². The predicted molar refractivity (Wildman–Crippen MR) is 95.2 cm³/mol. The van der Waals surface area contributed by atoms with Gasteiger partial charge in [0, 0.05) is 18.7 Å². The molecule has 0 fully saturated rings. The van der Waals surface area contributed by atoms with Gasteiger partial charge in [0.25, 0.3) is 5.69 Å². The maximum absolute atomic E-state index is 12.5. The monoisotopic (exact) mass is 340 g/mol. The number of carbonyl (C=O) groups excluding carboxylic acids is 1. The van der Waals surface area contributed by atoms with Gasteiger partial charge in [-0.25, -0.2) is 0 Å². The van der Waals surface area contributed by atoms with Crippen molar-refractivity contribution in [2.75, 3.05) is 18.1 Å². The van der Waals surface area contributed by atoms with Crippen LogP contribution in [-0.4, -0.2) is 24.0 Å². The molecule has 0 radical (unpaired) electrons. The van der Waals surface area contributed by atoms with Crippen molar-refractivity contribution in [2.24, 2.45) is 0 Å². The molecule has 0 unspecified atom stereocenters. The second kappa shape index (κ2) is 6.93. The van der Waals surface area contributed by atoms with Crippen LogP contribution in [0.2, 0.25) is 0 Å². The fourth-order valence-electron chi connectivity index (χ4n) is 3.14. The second-order valence-corrected chi connectivity index (χ2v) is 6.18. The summed E-state index contributed by atoms with van der Waals surface area (Å²) in [5.41, 5.74) is 3.69. The van der Waals surface area contributed by atoms with Gasteiger partial charge in [-0.2, -0.15) is 0 Å². The Hall–Kier alpha value is -2.89. The van der Waals surface area contributed by atoms with Crippen LogP contribution >= 0.6 is 0 Å². The molecule has 2 aromatic carbocycles. The third-order valence-corrected chi connectivity index (χ3v) is 4.45. The normalized spacial score (nSPS) is 12.8. The highest BCUT2D eigenvalue weighted by atomic mass is 16.6. The maximum Gasteiger partial charge on any atom is 0.271 e. The molecule has 1 aliphatic heterocycles. The van der Waals surface area contributed by atoms with E-state index in [9.17, 15) is 14.9 Å². The van der Waals surface area contributed by atoms with Crippen LogP contribution < -0.4 is 9.64 Å².